The Bertz CT molecular complexity index is 574. The number of rotatable bonds is 7. The van der Waals surface area contributed by atoms with Gasteiger partial charge < -0.3 is 15.2 Å². The number of benzene rings is 1. The zero-order valence-electron chi connectivity index (χ0n) is 14.8. The van der Waals surface area contributed by atoms with E-state index in [0.717, 1.165) is 44.7 Å². The molecule has 2 aliphatic rings. The molecule has 2 fully saturated rings. The number of hydrogen-bond donors (Lipinski definition) is 2. The fourth-order valence-electron chi connectivity index (χ4n) is 4.01. The molecule has 0 bridgehead atoms. The highest BCUT2D eigenvalue weighted by Crippen LogP contribution is 2.39. The van der Waals surface area contributed by atoms with Crippen molar-refractivity contribution in [1.82, 2.24) is 5.32 Å². The van der Waals surface area contributed by atoms with Gasteiger partial charge in [-0.05, 0) is 55.3 Å². The molecule has 132 valence electrons. The number of hydrogen-bond acceptors (Lipinski definition) is 3. The minimum absolute atomic E-state index is 0.244. The first kappa shape index (κ1) is 17.4. The Morgan fingerprint density at radius 3 is 2.67 bits per heavy atom. The van der Waals surface area contributed by atoms with Gasteiger partial charge in [-0.1, -0.05) is 38.1 Å². The highest BCUT2D eigenvalue weighted by Gasteiger charge is 2.41. The van der Waals surface area contributed by atoms with Crippen molar-refractivity contribution in [3.8, 4) is 0 Å². The lowest BCUT2D eigenvalue weighted by atomic mass is 9.71. The predicted octanol–water partition coefficient (Wildman–Crippen LogP) is 2.75. The summed E-state index contributed by atoms with van der Waals surface area (Å²) in [5, 5.41) is 12.9. The maximum atomic E-state index is 11.7. The summed E-state index contributed by atoms with van der Waals surface area (Å²) in [5.41, 5.74) is 2.70. The quantitative estimate of drug-likeness (QED) is 0.807. The molecule has 0 radical (unpaired) electrons. The second-order valence-electron chi connectivity index (χ2n) is 7.91. The van der Waals surface area contributed by atoms with Crippen molar-refractivity contribution in [2.24, 2.45) is 23.2 Å². The number of carboxylic acids is 1. The Morgan fingerprint density at radius 2 is 2.12 bits per heavy atom. The summed E-state index contributed by atoms with van der Waals surface area (Å²) in [6.45, 7) is 7.95. The third-order valence-corrected chi connectivity index (χ3v) is 5.99. The molecule has 1 aromatic rings. The minimum Gasteiger partial charge on any atom is -0.481 e. The molecule has 4 heteroatoms. The average Bonchev–Trinajstić information content (AvgIpc) is 3.02. The SMILES string of the molecule is CC(C)C1(Cc2cccc(CC(C(=O)O)C3CCNC3)c2)COC1. The summed E-state index contributed by atoms with van der Waals surface area (Å²) in [6.07, 6.45) is 2.60. The molecule has 0 aromatic heterocycles. The number of nitrogens with one attached hydrogen (secondary N) is 1. The van der Waals surface area contributed by atoms with E-state index in [1.807, 2.05) is 0 Å². The Kier molecular flexibility index (Phi) is 5.26. The lowest BCUT2D eigenvalue weighted by Crippen LogP contribution is -2.48. The summed E-state index contributed by atoms with van der Waals surface area (Å²) < 4.78 is 5.48. The van der Waals surface area contributed by atoms with Gasteiger partial charge in [-0.25, -0.2) is 0 Å². The second-order valence-corrected chi connectivity index (χ2v) is 7.91. The zero-order valence-corrected chi connectivity index (χ0v) is 14.8. The van der Waals surface area contributed by atoms with Crippen molar-refractivity contribution >= 4 is 5.97 Å². The molecule has 3 rings (SSSR count). The second kappa shape index (κ2) is 7.24. The molecule has 1 aromatic carbocycles. The van der Waals surface area contributed by atoms with Crippen LogP contribution in [0.5, 0.6) is 0 Å². The molecule has 0 spiro atoms. The maximum absolute atomic E-state index is 11.7. The van der Waals surface area contributed by atoms with Crippen LogP contribution in [0.3, 0.4) is 0 Å². The normalized spacial score (nSPS) is 23.9. The van der Waals surface area contributed by atoms with Gasteiger partial charge in [-0.2, -0.15) is 0 Å². The summed E-state index contributed by atoms with van der Waals surface area (Å²) in [7, 11) is 0. The highest BCUT2D eigenvalue weighted by molar-refractivity contribution is 5.71. The molecule has 2 aliphatic heterocycles. The van der Waals surface area contributed by atoms with Gasteiger partial charge in [0.1, 0.15) is 0 Å². The Balaban J connectivity index is 1.71. The van der Waals surface area contributed by atoms with Crippen molar-refractivity contribution in [1.29, 1.82) is 0 Å². The van der Waals surface area contributed by atoms with E-state index >= 15 is 0 Å². The smallest absolute Gasteiger partial charge is 0.307 e. The van der Waals surface area contributed by atoms with Crippen LogP contribution in [0.15, 0.2) is 24.3 Å². The topological polar surface area (TPSA) is 58.6 Å². The van der Waals surface area contributed by atoms with Crippen LogP contribution in [-0.4, -0.2) is 37.4 Å². The number of carboxylic acid groups (broad SMARTS) is 1. The molecule has 0 aliphatic carbocycles. The van der Waals surface area contributed by atoms with E-state index in [-0.39, 0.29) is 17.3 Å². The van der Waals surface area contributed by atoms with E-state index in [1.165, 1.54) is 5.56 Å². The largest absolute Gasteiger partial charge is 0.481 e. The van der Waals surface area contributed by atoms with Crippen LogP contribution in [0.25, 0.3) is 0 Å². The highest BCUT2D eigenvalue weighted by atomic mass is 16.5. The molecule has 2 N–H and O–H groups in total. The molecule has 2 heterocycles. The van der Waals surface area contributed by atoms with Crippen LogP contribution in [0, 0.1) is 23.2 Å². The number of ether oxygens (including phenoxy) is 1. The summed E-state index contributed by atoms with van der Waals surface area (Å²) >= 11 is 0. The molecule has 2 atom stereocenters. The van der Waals surface area contributed by atoms with E-state index < -0.39 is 5.97 Å². The van der Waals surface area contributed by atoms with Crippen molar-refractivity contribution in [2.75, 3.05) is 26.3 Å². The van der Waals surface area contributed by atoms with Crippen molar-refractivity contribution in [3.63, 3.8) is 0 Å². The summed E-state index contributed by atoms with van der Waals surface area (Å²) in [6, 6.07) is 8.52. The van der Waals surface area contributed by atoms with Gasteiger partial charge in [0, 0.05) is 5.41 Å². The fourth-order valence-corrected chi connectivity index (χ4v) is 4.01. The third-order valence-electron chi connectivity index (χ3n) is 5.99. The van der Waals surface area contributed by atoms with E-state index in [9.17, 15) is 9.90 Å². The Hall–Kier alpha value is -1.39. The molecular weight excluding hydrogens is 302 g/mol. The van der Waals surface area contributed by atoms with E-state index in [0.29, 0.717) is 12.3 Å². The fraction of sp³-hybridized carbons (Fsp3) is 0.650. The average molecular weight is 331 g/mol. The van der Waals surface area contributed by atoms with Crippen LogP contribution in [0.1, 0.15) is 31.4 Å². The van der Waals surface area contributed by atoms with Gasteiger partial charge in [0.25, 0.3) is 0 Å². The van der Waals surface area contributed by atoms with Crippen molar-refractivity contribution in [2.45, 2.75) is 33.1 Å². The van der Waals surface area contributed by atoms with Gasteiger partial charge in [-0.15, -0.1) is 0 Å². The first-order chi connectivity index (χ1) is 11.5. The number of aliphatic carboxylic acids is 1. The molecule has 2 unspecified atom stereocenters. The van der Waals surface area contributed by atoms with Crippen LogP contribution < -0.4 is 5.32 Å². The van der Waals surface area contributed by atoms with Crippen molar-refractivity contribution in [3.05, 3.63) is 35.4 Å². The zero-order chi connectivity index (χ0) is 17.2. The van der Waals surface area contributed by atoms with E-state index in [4.69, 9.17) is 4.74 Å². The first-order valence-electron chi connectivity index (χ1n) is 9.09. The maximum Gasteiger partial charge on any atom is 0.307 e. The van der Waals surface area contributed by atoms with Gasteiger partial charge in [0.05, 0.1) is 19.1 Å². The Labute approximate surface area is 144 Å². The summed E-state index contributed by atoms with van der Waals surface area (Å²) in [4.78, 5) is 11.7. The van der Waals surface area contributed by atoms with Crippen LogP contribution in [0.2, 0.25) is 0 Å². The molecule has 4 nitrogen and oxygen atoms in total. The summed E-state index contributed by atoms with van der Waals surface area (Å²) in [5.74, 6) is -0.124. The first-order valence-corrected chi connectivity index (χ1v) is 9.09. The predicted molar refractivity (Wildman–Crippen MR) is 94.0 cm³/mol. The molecule has 2 saturated heterocycles. The van der Waals surface area contributed by atoms with Gasteiger partial charge in [0.2, 0.25) is 0 Å². The van der Waals surface area contributed by atoms with E-state index in [2.05, 4.69) is 43.4 Å². The molecule has 0 saturated carbocycles. The molecule has 0 amide bonds. The van der Waals surface area contributed by atoms with Crippen LogP contribution in [-0.2, 0) is 22.4 Å². The lowest BCUT2D eigenvalue weighted by molar-refractivity contribution is -0.143. The lowest BCUT2D eigenvalue weighted by Gasteiger charge is -2.45. The van der Waals surface area contributed by atoms with Crippen molar-refractivity contribution < 1.29 is 14.6 Å². The standard InChI is InChI=1S/C20H29NO3/c1-14(2)20(12-24-13-20)10-16-5-3-4-15(8-16)9-18(19(22)23)17-6-7-21-11-17/h3-5,8,14,17-18,21H,6-7,9-13H2,1-2H3,(H,22,23). The van der Waals surface area contributed by atoms with Gasteiger partial charge >= 0.3 is 5.97 Å². The van der Waals surface area contributed by atoms with E-state index in [1.54, 1.807) is 0 Å². The third kappa shape index (κ3) is 3.65. The minimum atomic E-state index is -0.667. The molecule has 24 heavy (non-hydrogen) atoms. The molecular formula is C20H29NO3. The monoisotopic (exact) mass is 331 g/mol. The number of carbonyl (C=O) groups is 1. The van der Waals surface area contributed by atoms with Gasteiger partial charge in [-0.3, -0.25) is 4.79 Å². The van der Waals surface area contributed by atoms with Crippen LogP contribution >= 0.6 is 0 Å². The Morgan fingerprint density at radius 1 is 1.38 bits per heavy atom. The van der Waals surface area contributed by atoms with Gasteiger partial charge in [0.15, 0.2) is 0 Å². The van der Waals surface area contributed by atoms with Crippen LogP contribution in [0.4, 0.5) is 0 Å².